The molecule has 1 aliphatic carbocycles. The Morgan fingerprint density at radius 3 is 2.58 bits per heavy atom. The predicted octanol–water partition coefficient (Wildman–Crippen LogP) is 2.92. The van der Waals surface area contributed by atoms with Gasteiger partial charge in [0.15, 0.2) is 5.16 Å². The average molecular weight is 282 g/mol. The second-order valence-electron chi connectivity index (χ2n) is 5.40. The minimum Gasteiger partial charge on any atom is -0.313 e. The standard InChI is InChI=1S/C14H26N4S/c1-4-15-12-9-7-5-6-8-10-13(12)19-14-17-16-11(2)18(14)3/h12-13,15H,4-10H2,1-3H3. The van der Waals surface area contributed by atoms with Gasteiger partial charge in [0.2, 0.25) is 0 Å². The molecule has 1 aromatic heterocycles. The van der Waals surface area contributed by atoms with E-state index in [1.165, 1.54) is 38.5 Å². The topological polar surface area (TPSA) is 42.7 Å². The summed E-state index contributed by atoms with van der Waals surface area (Å²) in [5.41, 5.74) is 0. The van der Waals surface area contributed by atoms with Crippen LogP contribution in [0, 0.1) is 6.92 Å². The first-order chi connectivity index (χ1) is 9.22. The van der Waals surface area contributed by atoms with Crippen LogP contribution >= 0.6 is 11.8 Å². The molecule has 0 bridgehead atoms. The molecule has 1 heterocycles. The summed E-state index contributed by atoms with van der Waals surface area (Å²) >= 11 is 1.91. The van der Waals surface area contributed by atoms with Gasteiger partial charge in [-0.05, 0) is 26.3 Å². The second-order valence-corrected chi connectivity index (χ2v) is 6.61. The first-order valence-electron chi connectivity index (χ1n) is 7.48. The van der Waals surface area contributed by atoms with E-state index in [0.717, 1.165) is 17.5 Å². The quantitative estimate of drug-likeness (QED) is 0.922. The third kappa shape index (κ3) is 3.96. The molecule has 0 amide bonds. The van der Waals surface area contributed by atoms with Crippen molar-refractivity contribution in [2.24, 2.45) is 7.05 Å². The Balaban J connectivity index is 2.06. The minimum absolute atomic E-state index is 0.618. The lowest BCUT2D eigenvalue weighted by Gasteiger charge is -2.29. The van der Waals surface area contributed by atoms with Gasteiger partial charge in [0.05, 0.1) is 0 Å². The monoisotopic (exact) mass is 282 g/mol. The largest absolute Gasteiger partial charge is 0.313 e. The zero-order chi connectivity index (χ0) is 13.7. The Labute approximate surface area is 120 Å². The van der Waals surface area contributed by atoms with E-state index in [0.29, 0.717) is 11.3 Å². The Bertz CT molecular complexity index is 391. The van der Waals surface area contributed by atoms with Crippen LogP contribution in [0.5, 0.6) is 0 Å². The lowest BCUT2D eigenvalue weighted by Crippen LogP contribution is -2.38. The van der Waals surface area contributed by atoms with Crippen molar-refractivity contribution >= 4 is 11.8 Å². The van der Waals surface area contributed by atoms with E-state index in [9.17, 15) is 0 Å². The predicted molar refractivity (Wildman–Crippen MR) is 80.6 cm³/mol. The molecule has 2 unspecified atom stereocenters. The first-order valence-corrected chi connectivity index (χ1v) is 8.36. The third-order valence-electron chi connectivity index (χ3n) is 3.98. The van der Waals surface area contributed by atoms with E-state index in [4.69, 9.17) is 0 Å². The second kappa shape index (κ2) is 7.29. The Morgan fingerprint density at radius 1 is 1.21 bits per heavy atom. The molecule has 1 fully saturated rings. The van der Waals surface area contributed by atoms with Gasteiger partial charge >= 0.3 is 0 Å². The number of aryl methyl sites for hydroxylation is 1. The van der Waals surface area contributed by atoms with Crippen LogP contribution in [0.15, 0.2) is 5.16 Å². The van der Waals surface area contributed by atoms with Crippen molar-refractivity contribution in [3.8, 4) is 0 Å². The van der Waals surface area contributed by atoms with Crippen molar-refractivity contribution in [3.63, 3.8) is 0 Å². The summed E-state index contributed by atoms with van der Waals surface area (Å²) in [5.74, 6) is 0.994. The first kappa shape index (κ1) is 14.9. The molecule has 0 spiro atoms. The van der Waals surface area contributed by atoms with E-state index >= 15 is 0 Å². The number of aromatic nitrogens is 3. The van der Waals surface area contributed by atoms with E-state index < -0.39 is 0 Å². The maximum Gasteiger partial charge on any atom is 0.191 e. The number of hydrogen-bond donors (Lipinski definition) is 1. The van der Waals surface area contributed by atoms with Gasteiger partial charge in [0.1, 0.15) is 5.82 Å². The summed E-state index contributed by atoms with van der Waals surface area (Å²) in [6.45, 7) is 5.27. The molecule has 1 saturated carbocycles. The molecule has 2 rings (SSSR count). The summed E-state index contributed by atoms with van der Waals surface area (Å²) in [7, 11) is 2.06. The number of nitrogens with zero attached hydrogens (tertiary/aromatic N) is 3. The van der Waals surface area contributed by atoms with Gasteiger partial charge in [0.25, 0.3) is 0 Å². The molecule has 1 aliphatic rings. The van der Waals surface area contributed by atoms with E-state index in [-0.39, 0.29) is 0 Å². The van der Waals surface area contributed by atoms with Crippen LogP contribution in [0.1, 0.15) is 51.3 Å². The maximum atomic E-state index is 4.31. The molecule has 19 heavy (non-hydrogen) atoms. The fraction of sp³-hybridized carbons (Fsp3) is 0.857. The molecule has 5 heteroatoms. The molecule has 0 saturated heterocycles. The van der Waals surface area contributed by atoms with Crippen LogP contribution in [0.3, 0.4) is 0 Å². The fourth-order valence-corrected chi connectivity index (χ4v) is 4.04. The van der Waals surface area contributed by atoms with Crippen LogP contribution in [0.25, 0.3) is 0 Å². The number of hydrogen-bond acceptors (Lipinski definition) is 4. The molecular formula is C14H26N4S. The fourth-order valence-electron chi connectivity index (χ4n) is 2.71. The molecule has 4 nitrogen and oxygen atoms in total. The highest BCUT2D eigenvalue weighted by Crippen LogP contribution is 2.31. The highest BCUT2D eigenvalue weighted by atomic mass is 32.2. The van der Waals surface area contributed by atoms with Gasteiger partial charge in [-0.1, -0.05) is 44.4 Å². The molecular weight excluding hydrogens is 256 g/mol. The zero-order valence-corrected chi connectivity index (χ0v) is 13.2. The highest BCUT2D eigenvalue weighted by molar-refractivity contribution is 7.99. The van der Waals surface area contributed by atoms with Crippen molar-refractivity contribution in [2.75, 3.05) is 6.54 Å². The molecule has 108 valence electrons. The van der Waals surface area contributed by atoms with Gasteiger partial charge in [-0.25, -0.2) is 0 Å². The van der Waals surface area contributed by atoms with Crippen LogP contribution < -0.4 is 5.32 Å². The van der Waals surface area contributed by atoms with Crippen molar-refractivity contribution < 1.29 is 0 Å². The smallest absolute Gasteiger partial charge is 0.191 e. The van der Waals surface area contributed by atoms with Gasteiger partial charge in [-0.3, -0.25) is 0 Å². The van der Waals surface area contributed by atoms with Crippen molar-refractivity contribution in [2.45, 2.75) is 68.8 Å². The number of nitrogens with one attached hydrogen (secondary N) is 1. The van der Waals surface area contributed by atoms with Crippen molar-refractivity contribution in [1.82, 2.24) is 20.1 Å². The Morgan fingerprint density at radius 2 is 1.95 bits per heavy atom. The molecule has 0 radical (unpaired) electrons. The van der Waals surface area contributed by atoms with Crippen LogP contribution in [0.4, 0.5) is 0 Å². The average Bonchev–Trinajstić information content (AvgIpc) is 2.69. The lowest BCUT2D eigenvalue weighted by molar-refractivity contribution is 0.405. The molecule has 0 aliphatic heterocycles. The van der Waals surface area contributed by atoms with Crippen LogP contribution in [-0.2, 0) is 7.05 Å². The summed E-state index contributed by atoms with van der Waals surface area (Å²) in [4.78, 5) is 0. The third-order valence-corrected chi connectivity index (χ3v) is 5.41. The summed E-state index contributed by atoms with van der Waals surface area (Å²) in [6, 6.07) is 0.618. The summed E-state index contributed by atoms with van der Waals surface area (Å²) < 4.78 is 2.10. The van der Waals surface area contributed by atoms with Gasteiger partial charge in [-0.15, -0.1) is 10.2 Å². The number of thioether (sulfide) groups is 1. The summed E-state index contributed by atoms with van der Waals surface area (Å²) in [6.07, 6.45) is 8.05. The van der Waals surface area contributed by atoms with E-state index in [1.54, 1.807) is 0 Å². The van der Waals surface area contributed by atoms with E-state index in [1.807, 2.05) is 18.7 Å². The van der Waals surface area contributed by atoms with Gasteiger partial charge in [-0.2, -0.15) is 0 Å². The van der Waals surface area contributed by atoms with Crippen molar-refractivity contribution in [1.29, 1.82) is 0 Å². The van der Waals surface area contributed by atoms with Crippen molar-refractivity contribution in [3.05, 3.63) is 5.82 Å². The zero-order valence-electron chi connectivity index (χ0n) is 12.4. The normalized spacial score (nSPS) is 25.0. The van der Waals surface area contributed by atoms with Gasteiger partial charge < -0.3 is 9.88 Å². The summed E-state index contributed by atoms with van der Waals surface area (Å²) in [5, 5.41) is 13.8. The SMILES string of the molecule is CCNC1CCCCCCC1Sc1nnc(C)n1C. The molecule has 0 aromatic carbocycles. The molecule has 1 N–H and O–H groups in total. The molecule has 2 atom stereocenters. The lowest BCUT2D eigenvalue weighted by atomic mass is 9.96. The van der Waals surface area contributed by atoms with Gasteiger partial charge in [0, 0.05) is 18.3 Å². The minimum atomic E-state index is 0.618. The molecule has 1 aromatic rings. The Kier molecular flexibility index (Phi) is 5.70. The Hall–Kier alpha value is -0.550. The highest BCUT2D eigenvalue weighted by Gasteiger charge is 2.24. The van der Waals surface area contributed by atoms with E-state index in [2.05, 4.69) is 34.1 Å². The number of rotatable bonds is 4. The van der Waals surface area contributed by atoms with Crippen LogP contribution in [0.2, 0.25) is 0 Å². The van der Waals surface area contributed by atoms with Crippen LogP contribution in [-0.4, -0.2) is 32.6 Å². The maximum absolute atomic E-state index is 4.31.